The maximum absolute atomic E-state index is 12.4. The highest BCUT2D eigenvalue weighted by Gasteiger charge is 2.23. The molecule has 0 saturated carbocycles. The molecule has 1 amide bonds. The van der Waals surface area contributed by atoms with Gasteiger partial charge in [-0.05, 0) is 29.8 Å². The van der Waals surface area contributed by atoms with E-state index < -0.39 is 5.97 Å². The van der Waals surface area contributed by atoms with E-state index >= 15 is 0 Å². The van der Waals surface area contributed by atoms with Crippen molar-refractivity contribution in [3.8, 4) is 11.5 Å². The molecule has 10 heteroatoms. The van der Waals surface area contributed by atoms with E-state index in [9.17, 15) is 9.59 Å². The van der Waals surface area contributed by atoms with E-state index in [4.69, 9.17) is 14.2 Å². The van der Waals surface area contributed by atoms with E-state index in [1.807, 2.05) is 18.2 Å². The fraction of sp³-hybridized carbons (Fsp3) is 0.158. The summed E-state index contributed by atoms with van der Waals surface area (Å²) in [6.45, 7) is 0.994. The lowest BCUT2D eigenvalue weighted by molar-refractivity contribution is 0.0535. The zero-order valence-electron chi connectivity index (χ0n) is 14.9. The Hall–Kier alpha value is -3.66. The number of anilines is 2. The summed E-state index contributed by atoms with van der Waals surface area (Å²) in [5, 5.41) is 14.8. The molecule has 9 nitrogen and oxygen atoms in total. The highest BCUT2D eigenvalue weighted by molar-refractivity contribution is 7.19. The van der Waals surface area contributed by atoms with E-state index in [1.54, 1.807) is 12.1 Å². The first-order valence-electron chi connectivity index (χ1n) is 8.73. The first kappa shape index (κ1) is 17.4. The minimum atomic E-state index is -0.416. The minimum absolute atomic E-state index is 0.233. The van der Waals surface area contributed by atoms with Crippen molar-refractivity contribution in [2.75, 3.05) is 17.4 Å². The lowest BCUT2D eigenvalue weighted by Gasteiger charge is -2.04. The van der Waals surface area contributed by atoms with Crippen LogP contribution < -0.4 is 20.1 Å². The van der Waals surface area contributed by atoms with Crippen LogP contribution in [0.25, 0.3) is 0 Å². The third-order valence-electron chi connectivity index (χ3n) is 4.48. The predicted octanol–water partition coefficient (Wildman–Crippen LogP) is 2.80. The monoisotopic (exact) mass is 410 g/mol. The highest BCUT2D eigenvalue weighted by Crippen LogP contribution is 2.33. The molecule has 29 heavy (non-hydrogen) atoms. The molecule has 0 unspecified atom stereocenters. The van der Waals surface area contributed by atoms with Gasteiger partial charge in [-0.3, -0.25) is 10.1 Å². The zero-order valence-corrected chi connectivity index (χ0v) is 15.7. The number of carbonyl (C=O) groups is 2. The summed E-state index contributed by atoms with van der Waals surface area (Å²) in [5.41, 5.74) is 2.55. The number of fused-ring (bicyclic) bond motifs is 2. The number of amides is 1. The number of nitrogens with one attached hydrogen (secondary N) is 2. The summed E-state index contributed by atoms with van der Waals surface area (Å²) in [6.07, 6.45) is 0. The van der Waals surface area contributed by atoms with E-state index in [1.165, 1.54) is 17.4 Å². The molecule has 0 radical (unpaired) electrons. The molecule has 0 saturated heterocycles. The van der Waals surface area contributed by atoms with Crippen LogP contribution in [0.1, 0.15) is 31.8 Å². The summed E-state index contributed by atoms with van der Waals surface area (Å²) < 4.78 is 15.6. The Kier molecular flexibility index (Phi) is 4.24. The topological polar surface area (TPSA) is 112 Å². The summed E-state index contributed by atoms with van der Waals surface area (Å²) in [6, 6.07) is 10.6. The van der Waals surface area contributed by atoms with Crippen LogP contribution in [0.5, 0.6) is 11.5 Å². The molecule has 146 valence electrons. The third kappa shape index (κ3) is 3.45. The number of carbonyl (C=O) groups excluding carboxylic acids is 2. The van der Waals surface area contributed by atoms with Crippen molar-refractivity contribution in [2.24, 2.45) is 0 Å². The van der Waals surface area contributed by atoms with Gasteiger partial charge in [0.05, 0.1) is 5.56 Å². The van der Waals surface area contributed by atoms with Crippen LogP contribution >= 0.6 is 11.3 Å². The van der Waals surface area contributed by atoms with Gasteiger partial charge >= 0.3 is 5.97 Å². The van der Waals surface area contributed by atoms with E-state index in [0.717, 1.165) is 16.9 Å². The van der Waals surface area contributed by atoms with Gasteiger partial charge in [-0.15, -0.1) is 10.2 Å². The van der Waals surface area contributed by atoms with Crippen LogP contribution in [0.3, 0.4) is 0 Å². The SMILES string of the molecule is O=C(Nc1nnc(NCc2ccc3c(c2)OCO3)s1)c1ccc2c(c1)C(=O)OC2. The van der Waals surface area contributed by atoms with Crippen LogP contribution in [0.15, 0.2) is 36.4 Å². The fourth-order valence-corrected chi connectivity index (χ4v) is 3.63. The molecule has 0 aliphatic carbocycles. The van der Waals surface area contributed by atoms with Crippen LogP contribution in [0, 0.1) is 0 Å². The summed E-state index contributed by atoms with van der Waals surface area (Å²) in [4.78, 5) is 24.1. The van der Waals surface area contributed by atoms with Gasteiger partial charge in [0, 0.05) is 17.7 Å². The second kappa shape index (κ2) is 7.06. The van der Waals surface area contributed by atoms with Crippen molar-refractivity contribution < 1.29 is 23.8 Å². The van der Waals surface area contributed by atoms with Gasteiger partial charge in [0.25, 0.3) is 5.91 Å². The number of ether oxygens (including phenoxy) is 3. The Labute approximate surface area is 168 Å². The number of hydrogen-bond acceptors (Lipinski definition) is 9. The number of rotatable bonds is 5. The van der Waals surface area contributed by atoms with E-state index in [0.29, 0.717) is 33.7 Å². The van der Waals surface area contributed by atoms with Crippen LogP contribution in [-0.4, -0.2) is 28.9 Å². The number of nitrogens with zero attached hydrogens (tertiary/aromatic N) is 2. The Morgan fingerprint density at radius 3 is 2.83 bits per heavy atom. The second-order valence-electron chi connectivity index (χ2n) is 6.36. The van der Waals surface area contributed by atoms with Crippen molar-refractivity contribution >= 4 is 33.5 Å². The average molecular weight is 410 g/mol. The Bertz CT molecular complexity index is 1130. The normalized spacial score (nSPS) is 13.7. The molecule has 0 spiro atoms. The standard InChI is InChI=1S/C19H14N4O5S/c24-16(11-2-3-12-8-26-17(25)13(12)6-11)21-19-23-22-18(29-19)20-7-10-1-4-14-15(5-10)28-9-27-14/h1-6H,7-9H2,(H,20,22)(H,21,23,24). The Balaban J connectivity index is 1.22. The zero-order chi connectivity index (χ0) is 19.8. The molecule has 3 aromatic rings. The Morgan fingerprint density at radius 2 is 1.90 bits per heavy atom. The molecule has 0 fully saturated rings. The van der Waals surface area contributed by atoms with Crippen LogP contribution in [0.2, 0.25) is 0 Å². The number of hydrogen-bond donors (Lipinski definition) is 2. The molecule has 2 aliphatic heterocycles. The summed E-state index contributed by atoms with van der Waals surface area (Å²) in [7, 11) is 0. The van der Waals surface area contributed by atoms with Crippen molar-refractivity contribution in [1.29, 1.82) is 0 Å². The van der Waals surface area contributed by atoms with Gasteiger partial charge in [-0.25, -0.2) is 4.79 Å². The summed E-state index contributed by atoms with van der Waals surface area (Å²) in [5.74, 6) is 0.661. The van der Waals surface area contributed by atoms with Crippen molar-refractivity contribution in [3.05, 3.63) is 58.7 Å². The quantitative estimate of drug-likeness (QED) is 0.618. The van der Waals surface area contributed by atoms with Gasteiger partial charge in [0.15, 0.2) is 11.5 Å². The summed E-state index contributed by atoms with van der Waals surface area (Å²) >= 11 is 1.21. The third-order valence-corrected chi connectivity index (χ3v) is 5.27. The van der Waals surface area contributed by atoms with Gasteiger partial charge in [-0.2, -0.15) is 0 Å². The van der Waals surface area contributed by atoms with Gasteiger partial charge < -0.3 is 19.5 Å². The number of esters is 1. The maximum atomic E-state index is 12.4. The second-order valence-corrected chi connectivity index (χ2v) is 7.33. The molecule has 2 N–H and O–H groups in total. The van der Waals surface area contributed by atoms with Crippen LogP contribution in [-0.2, 0) is 17.9 Å². The van der Waals surface area contributed by atoms with E-state index in [2.05, 4.69) is 20.8 Å². The molecule has 3 heterocycles. The van der Waals surface area contributed by atoms with E-state index in [-0.39, 0.29) is 19.3 Å². The van der Waals surface area contributed by atoms with Crippen molar-refractivity contribution in [3.63, 3.8) is 0 Å². The predicted molar refractivity (Wildman–Crippen MR) is 103 cm³/mol. The molecular formula is C19H14N4O5S. The molecule has 1 aromatic heterocycles. The smallest absolute Gasteiger partial charge is 0.338 e. The largest absolute Gasteiger partial charge is 0.457 e. The van der Waals surface area contributed by atoms with Crippen molar-refractivity contribution in [2.45, 2.75) is 13.2 Å². The highest BCUT2D eigenvalue weighted by atomic mass is 32.1. The van der Waals surface area contributed by atoms with Gasteiger partial charge in [0.2, 0.25) is 17.1 Å². The lowest BCUT2D eigenvalue weighted by atomic mass is 10.1. The average Bonchev–Trinajstić information content (AvgIpc) is 3.46. The number of aromatic nitrogens is 2. The molecular weight excluding hydrogens is 396 g/mol. The Morgan fingerprint density at radius 1 is 1.03 bits per heavy atom. The lowest BCUT2D eigenvalue weighted by Crippen LogP contribution is -2.12. The van der Waals surface area contributed by atoms with Crippen molar-refractivity contribution in [1.82, 2.24) is 10.2 Å². The number of benzene rings is 2. The van der Waals surface area contributed by atoms with Gasteiger partial charge in [-0.1, -0.05) is 23.5 Å². The first-order valence-corrected chi connectivity index (χ1v) is 9.55. The molecule has 5 rings (SSSR count). The first-order chi connectivity index (χ1) is 14.2. The molecule has 2 aromatic carbocycles. The van der Waals surface area contributed by atoms with Gasteiger partial charge in [0.1, 0.15) is 6.61 Å². The molecule has 0 bridgehead atoms. The molecule has 2 aliphatic rings. The fourth-order valence-electron chi connectivity index (χ4n) is 3.00. The van der Waals surface area contributed by atoms with Crippen LogP contribution in [0.4, 0.5) is 10.3 Å². The number of cyclic esters (lactones) is 1. The maximum Gasteiger partial charge on any atom is 0.338 e. The minimum Gasteiger partial charge on any atom is -0.457 e. The molecule has 0 atom stereocenters.